The third-order valence-electron chi connectivity index (χ3n) is 6.62. The fourth-order valence-electron chi connectivity index (χ4n) is 4.47. The van der Waals surface area contributed by atoms with Crippen LogP contribution in [-0.4, -0.2) is 62.2 Å². The predicted octanol–water partition coefficient (Wildman–Crippen LogP) is 3.47. The third kappa shape index (κ3) is 7.07. The minimum atomic E-state index is -3.95. The van der Waals surface area contributed by atoms with Crippen LogP contribution >= 0.6 is 0 Å². The average Bonchev–Trinajstić information content (AvgIpc) is 2.86. The maximum absolute atomic E-state index is 13.7. The SMILES string of the molecule is Cc1cccc(CN(C(=O)CN(c2ccccc2)S(=O)(=O)N(C)C)[C@H](C)C(=O)NC2CCCCC2)c1. The lowest BCUT2D eigenvalue weighted by atomic mass is 9.95. The zero-order valence-electron chi connectivity index (χ0n) is 21.7. The van der Waals surface area contributed by atoms with Crippen molar-refractivity contribution >= 4 is 27.7 Å². The van der Waals surface area contributed by atoms with Crippen LogP contribution in [0.2, 0.25) is 0 Å². The second kappa shape index (κ2) is 12.4. The lowest BCUT2D eigenvalue weighted by molar-refractivity contribution is -0.139. The highest BCUT2D eigenvalue weighted by Crippen LogP contribution is 2.21. The second-order valence-electron chi connectivity index (χ2n) is 9.66. The van der Waals surface area contributed by atoms with Gasteiger partial charge in [-0.1, -0.05) is 67.3 Å². The topological polar surface area (TPSA) is 90.0 Å². The highest BCUT2D eigenvalue weighted by molar-refractivity contribution is 7.90. The number of benzene rings is 2. The molecule has 0 heterocycles. The molecule has 1 aliphatic carbocycles. The second-order valence-corrected chi connectivity index (χ2v) is 11.7. The molecule has 0 radical (unpaired) electrons. The van der Waals surface area contributed by atoms with Crippen LogP contribution in [0.1, 0.15) is 50.2 Å². The molecule has 1 aliphatic rings. The molecule has 0 saturated heterocycles. The minimum absolute atomic E-state index is 0.111. The lowest BCUT2D eigenvalue weighted by Crippen LogP contribution is -2.53. The molecule has 2 aromatic carbocycles. The van der Waals surface area contributed by atoms with Crippen LogP contribution in [-0.2, 0) is 26.3 Å². The van der Waals surface area contributed by atoms with Gasteiger partial charge in [-0.2, -0.15) is 12.7 Å². The molecular weight excluding hydrogens is 476 g/mol. The first-order chi connectivity index (χ1) is 17.1. The van der Waals surface area contributed by atoms with E-state index in [1.54, 1.807) is 37.3 Å². The van der Waals surface area contributed by atoms with E-state index in [4.69, 9.17) is 0 Å². The summed E-state index contributed by atoms with van der Waals surface area (Å²) in [4.78, 5) is 28.5. The van der Waals surface area contributed by atoms with E-state index in [-0.39, 0.29) is 18.5 Å². The van der Waals surface area contributed by atoms with Crippen LogP contribution < -0.4 is 9.62 Å². The van der Waals surface area contributed by atoms with Crippen LogP contribution in [0.15, 0.2) is 54.6 Å². The predicted molar refractivity (Wildman–Crippen MR) is 143 cm³/mol. The first-order valence-electron chi connectivity index (χ1n) is 12.5. The Kier molecular flexibility index (Phi) is 9.50. The largest absolute Gasteiger partial charge is 0.352 e. The Labute approximate surface area is 215 Å². The number of hydrogen-bond acceptors (Lipinski definition) is 4. The van der Waals surface area contributed by atoms with Crippen LogP contribution in [0.4, 0.5) is 5.69 Å². The number of rotatable bonds is 10. The van der Waals surface area contributed by atoms with E-state index >= 15 is 0 Å². The summed E-state index contributed by atoms with van der Waals surface area (Å²) in [6, 6.07) is 15.6. The van der Waals surface area contributed by atoms with Gasteiger partial charge in [-0.25, -0.2) is 4.31 Å². The molecule has 0 aliphatic heterocycles. The number of nitrogens with zero attached hydrogens (tertiary/aromatic N) is 3. The van der Waals surface area contributed by atoms with Gasteiger partial charge in [0.05, 0.1) is 5.69 Å². The van der Waals surface area contributed by atoms with Crippen molar-refractivity contribution in [3.8, 4) is 0 Å². The zero-order chi connectivity index (χ0) is 26.3. The molecule has 0 aromatic heterocycles. The first-order valence-corrected chi connectivity index (χ1v) is 13.9. The van der Waals surface area contributed by atoms with Crippen LogP contribution in [0.3, 0.4) is 0 Å². The third-order valence-corrected chi connectivity index (χ3v) is 8.44. The van der Waals surface area contributed by atoms with Gasteiger partial charge in [0.2, 0.25) is 11.8 Å². The number of anilines is 1. The Morgan fingerprint density at radius 2 is 1.67 bits per heavy atom. The van der Waals surface area contributed by atoms with Gasteiger partial charge in [0.25, 0.3) is 0 Å². The van der Waals surface area contributed by atoms with Crippen molar-refractivity contribution in [1.29, 1.82) is 0 Å². The Hall–Kier alpha value is -2.91. The zero-order valence-corrected chi connectivity index (χ0v) is 22.5. The molecule has 1 saturated carbocycles. The van der Waals surface area contributed by atoms with E-state index in [2.05, 4.69) is 5.32 Å². The Morgan fingerprint density at radius 3 is 2.28 bits per heavy atom. The maximum atomic E-state index is 13.7. The summed E-state index contributed by atoms with van der Waals surface area (Å²) < 4.78 is 28.5. The van der Waals surface area contributed by atoms with E-state index in [9.17, 15) is 18.0 Å². The first kappa shape index (κ1) is 27.7. The van der Waals surface area contributed by atoms with Crippen LogP contribution in [0.25, 0.3) is 0 Å². The standard InChI is InChI=1S/C27H38N4O4S/c1-21-12-11-13-23(18-21)19-30(22(2)27(33)28-24-14-7-5-8-15-24)26(32)20-31(36(34,35)29(3)4)25-16-9-6-10-17-25/h6,9-13,16-18,22,24H,5,7-8,14-15,19-20H2,1-4H3,(H,28,33)/t22-/m1/s1. The Morgan fingerprint density at radius 1 is 1.00 bits per heavy atom. The van der Waals surface area contributed by atoms with Gasteiger partial charge in [0.1, 0.15) is 12.6 Å². The van der Waals surface area contributed by atoms with Gasteiger partial charge in [-0.3, -0.25) is 9.59 Å². The highest BCUT2D eigenvalue weighted by atomic mass is 32.2. The van der Waals surface area contributed by atoms with Crippen molar-refractivity contribution in [2.24, 2.45) is 0 Å². The fourth-order valence-corrected chi connectivity index (χ4v) is 5.53. The molecule has 1 atom stereocenters. The molecule has 196 valence electrons. The normalized spacial score (nSPS) is 15.4. The van der Waals surface area contributed by atoms with E-state index in [0.29, 0.717) is 5.69 Å². The molecule has 1 N–H and O–H groups in total. The summed E-state index contributed by atoms with van der Waals surface area (Å²) in [5.41, 5.74) is 2.30. The van der Waals surface area contributed by atoms with Gasteiger partial charge in [0, 0.05) is 26.7 Å². The van der Waals surface area contributed by atoms with E-state index in [1.807, 2.05) is 31.2 Å². The molecule has 9 heteroatoms. The molecule has 0 unspecified atom stereocenters. The maximum Gasteiger partial charge on any atom is 0.304 e. The molecule has 3 rings (SSSR count). The number of hydrogen-bond donors (Lipinski definition) is 1. The molecular formula is C27H38N4O4S. The summed E-state index contributed by atoms with van der Waals surface area (Å²) in [6.45, 7) is 3.45. The van der Waals surface area contributed by atoms with Gasteiger partial charge >= 0.3 is 10.2 Å². The number of carbonyl (C=O) groups excluding carboxylic acids is 2. The fraction of sp³-hybridized carbons (Fsp3) is 0.481. The van der Waals surface area contributed by atoms with Gasteiger partial charge in [-0.05, 0) is 44.4 Å². The summed E-state index contributed by atoms with van der Waals surface area (Å²) in [6.07, 6.45) is 5.22. The Bertz CT molecular complexity index is 1130. The van der Waals surface area contributed by atoms with Crippen molar-refractivity contribution in [3.63, 3.8) is 0 Å². The van der Waals surface area contributed by atoms with Crippen molar-refractivity contribution in [2.75, 3.05) is 24.9 Å². The van der Waals surface area contributed by atoms with Crippen LogP contribution in [0, 0.1) is 6.92 Å². The molecule has 2 amide bonds. The number of para-hydroxylation sites is 1. The van der Waals surface area contributed by atoms with Crippen molar-refractivity contribution in [3.05, 3.63) is 65.7 Å². The summed E-state index contributed by atoms with van der Waals surface area (Å²) >= 11 is 0. The number of nitrogens with one attached hydrogen (secondary N) is 1. The quantitative estimate of drug-likeness (QED) is 0.526. The van der Waals surface area contributed by atoms with Gasteiger partial charge in [-0.15, -0.1) is 0 Å². The summed E-state index contributed by atoms with van der Waals surface area (Å²) in [7, 11) is -1.09. The molecule has 2 aromatic rings. The lowest BCUT2D eigenvalue weighted by Gasteiger charge is -2.34. The number of amides is 2. The molecule has 36 heavy (non-hydrogen) atoms. The number of aryl methyl sites for hydroxylation is 1. The van der Waals surface area contributed by atoms with Crippen molar-refractivity contribution in [2.45, 2.75) is 64.6 Å². The molecule has 1 fully saturated rings. The van der Waals surface area contributed by atoms with Crippen molar-refractivity contribution < 1.29 is 18.0 Å². The van der Waals surface area contributed by atoms with Gasteiger partial charge < -0.3 is 10.2 Å². The smallest absolute Gasteiger partial charge is 0.304 e. The van der Waals surface area contributed by atoms with Crippen LogP contribution in [0.5, 0.6) is 0 Å². The average molecular weight is 515 g/mol. The molecule has 0 spiro atoms. The Balaban J connectivity index is 1.89. The summed E-state index contributed by atoms with van der Waals surface area (Å²) in [5.74, 6) is -0.665. The van der Waals surface area contributed by atoms with E-state index < -0.39 is 28.7 Å². The highest BCUT2D eigenvalue weighted by Gasteiger charge is 2.33. The minimum Gasteiger partial charge on any atom is -0.352 e. The van der Waals surface area contributed by atoms with E-state index in [1.165, 1.54) is 25.4 Å². The van der Waals surface area contributed by atoms with Gasteiger partial charge in [0.15, 0.2) is 0 Å². The monoisotopic (exact) mass is 514 g/mol. The molecule has 8 nitrogen and oxygen atoms in total. The van der Waals surface area contributed by atoms with E-state index in [0.717, 1.165) is 45.4 Å². The molecule has 0 bridgehead atoms. The van der Waals surface area contributed by atoms with Crippen molar-refractivity contribution in [1.82, 2.24) is 14.5 Å². The summed E-state index contributed by atoms with van der Waals surface area (Å²) in [5, 5.41) is 3.11. The number of carbonyl (C=O) groups is 2.